The van der Waals surface area contributed by atoms with E-state index in [0.717, 1.165) is 13.0 Å². The second kappa shape index (κ2) is 6.21. The molecule has 1 fully saturated rings. The number of likely N-dealkylation sites (tertiary alicyclic amines) is 1. The van der Waals surface area contributed by atoms with Gasteiger partial charge in [-0.3, -0.25) is 0 Å². The highest BCUT2D eigenvalue weighted by atomic mass is 15.2. The van der Waals surface area contributed by atoms with E-state index in [9.17, 15) is 0 Å². The van der Waals surface area contributed by atoms with Crippen LogP contribution < -0.4 is 10.6 Å². The van der Waals surface area contributed by atoms with Crippen molar-refractivity contribution in [3.8, 4) is 0 Å². The van der Waals surface area contributed by atoms with Crippen LogP contribution in [0.1, 0.15) is 18.4 Å². The van der Waals surface area contributed by atoms with E-state index in [1.165, 1.54) is 37.2 Å². The third kappa shape index (κ3) is 3.24. The quantitative estimate of drug-likeness (QED) is 0.879. The van der Waals surface area contributed by atoms with Crippen LogP contribution >= 0.6 is 0 Å². The van der Waals surface area contributed by atoms with E-state index in [0.29, 0.717) is 6.04 Å². The molecule has 0 radical (unpaired) electrons. The number of benzene rings is 1. The summed E-state index contributed by atoms with van der Waals surface area (Å²) in [6.45, 7) is 3.14. The summed E-state index contributed by atoms with van der Waals surface area (Å²) in [5.41, 5.74) is 8.23. The molecule has 2 rings (SSSR count). The summed E-state index contributed by atoms with van der Waals surface area (Å²) < 4.78 is 0. The summed E-state index contributed by atoms with van der Waals surface area (Å²) in [6.07, 6.45) is 3.49. The second-order valence-electron chi connectivity index (χ2n) is 5.35. The molecule has 3 heteroatoms. The fraction of sp³-hybridized carbons (Fsp3) is 0.600. The van der Waals surface area contributed by atoms with E-state index < -0.39 is 0 Å². The van der Waals surface area contributed by atoms with Gasteiger partial charge in [0.05, 0.1) is 0 Å². The van der Waals surface area contributed by atoms with Crippen LogP contribution in [0.5, 0.6) is 0 Å². The Labute approximate surface area is 111 Å². The molecule has 3 nitrogen and oxygen atoms in total. The van der Waals surface area contributed by atoms with Crippen LogP contribution in [0.15, 0.2) is 24.3 Å². The normalized spacial score (nSPS) is 17.9. The van der Waals surface area contributed by atoms with Crippen LogP contribution in [0.25, 0.3) is 0 Å². The van der Waals surface area contributed by atoms with Crippen LogP contribution in [0.2, 0.25) is 0 Å². The molecule has 1 saturated heterocycles. The highest BCUT2D eigenvalue weighted by Crippen LogP contribution is 2.22. The van der Waals surface area contributed by atoms with E-state index in [1.54, 1.807) is 0 Å². The first kappa shape index (κ1) is 13.4. The van der Waals surface area contributed by atoms with Gasteiger partial charge in [0, 0.05) is 18.8 Å². The van der Waals surface area contributed by atoms with Gasteiger partial charge in [-0.2, -0.15) is 0 Å². The maximum Gasteiger partial charge on any atom is 0.0366 e. The molecule has 0 unspecified atom stereocenters. The fourth-order valence-corrected chi connectivity index (χ4v) is 2.66. The minimum absolute atomic E-state index is 0.682. The number of nitrogens with zero attached hydrogens (tertiary/aromatic N) is 2. The smallest absolute Gasteiger partial charge is 0.0366 e. The molecule has 0 aromatic heterocycles. The second-order valence-corrected chi connectivity index (χ2v) is 5.35. The third-order valence-electron chi connectivity index (χ3n) is 4.01. The highest BCUT2D eigenvalue weighted by molar-refractivity contribution is 5.48. The minimum atomic E-state index is 0.682. The Kier molecular flexibility index (Phi) is 4.61. The van der Waals surface area contributed by atoms with E-state index in [-0.39, 0.29) is 0 Å². The van der Waals surface area contributed by atoms with Crippen molar-refractivity contribution < 1.29 is 0 Å². The van der Waals surface area contributed by atoms with Crippen molar-refractivity contribution in [1.29, 1.82) is 0 Å². The zero-order valence-electron chi connectivity index (χ0n) is 11.6. The van der Waals surface area contributed by atoms with Gasteiger partial charge < -0.3 is 15.5 Å². The van der Waals surface area contributed by atoms with Gasteiger partial charge in [0.1, 0.15) is 0 Å². The molecule has 1 heterocycles. The van der Waals surface area contributed by atoms with Crippen LogP contribution in [0.3, 0.4) is 0 Å². The molecule has 1 aromatic carbocycles. The van der Waals surface area contributed by atoms with Crippen LogP contribution in [-0.4, -0.2) is 44.7 Å². The molecule has 0 saturated carbocycles. The first-order valence-corrected chi connectivity index (χ1v) is 6.91. The molecule has 18 heavy (non-hydrogen) atoms. The predicted octanol–water partition coefficient (Wildman–Crippen LogP) is 1.72. The first-order valence-electron chi connectivity index (χ1n) is 6.91. The molecule has 0 aliphatic carbocycles. The minimum Gasteiger partial charge on any atom is -0.372 e. The summed E-state index contributed by atoms with van der Waals surface area (Å²) in [6, 6.07) is 9.54. The largest absolute Gasteiger partial charge is 0.372 e. The van der Waals surface area contributed by atoms with Crippen molar-refractivity contribution in [3.05, 3.63) is 29.8 Å². The maximum absolute atomic E-state index is 5.57. The number of anilines is 1. The van der Waals surface area contributed by atoms with Crippen molar-refractivity contribution >= 4 is 5.69 Å². The topological polar surface area (TPSA) is 32.5 Å². The van der Waals surface area contributed by atoms with E-state index >= 15 is 0 Å². The number of hydrogen-bond acceptors (Lipinski definition) is 3. The number of nitrogens with two attached hydrogens (primary N) is 1. The third-order valence-corrected chi connectivity index (χ3v) is 4.01. The highest BCUT2D eigenvalue weighted by Gasteiger charge is 2.20. The Morgan fingerprint density at radius 1 is 1.22 bits per heavy atom. The Bertz CT molecular complexity index is 353. The average molecular weight is 247 g/mol. The lowest BCUT2D eigenvalue weighted by Crippen LogP contribution is -2.41. The average Bonchev–Trinajstić information content (AvgIpc) is 2.40. The van der Waals surface area contributed by atoms with Gasteiger partial charge in [0.2, 0.25) is 0 Å². The SMILES string of the molecule is CN1CCC(N(C)c2ccc(CCN)cc2)CC1. The van der Waals surface area contributed by atoms with Crippen molar-refractivity contribution in [2.24, 2.45) is 5.73 Å². The van der Waals surface area contributed by atoms with Crippen molar-refractivity contribution in [2.45, 2.75) is 25.3 Å². The van der Waals surface area contributed by atoms with Crippen molar-refractivity contribution in [1.82, 2.24) is 4.90 Å². The molecule has 0 spiro atoms. The number of rotatable bonds is 4. The molecule has 1 aliphatic rings. The lowest BCUT2D eigenvalue weighted by Gasteiger charge is -2.36. The van der Waals surface area contributed by atoms with E-state index in [4.69, 9.17) is 5.73 Å². The van der Waals surface area contributed by atoms with Crippen LogP contribution in [0, 0.1) is 0 Å². The summed E-state index contributed by atoms with van der Waals surface area (Å²) in [5, 5.41) is 0. The van der Waals surface area contributed by atoms with Crippen LogP contribution in [-0.2, 0) is 6.42 Å². The number of hydrogen-bond donors (Lipinski definition) is 1. The van der Waals surface area contributed by atoms with E-state index in [1.807, 2.05) is 0 Å². The monoisotopic (exact) mass is 247 g/mol. The molecule has 100 valence electrons. The van der Waals surface area contributed by atoms with Gasteiger partial charge in [-0.25, -0.2) is 0 Å². The summed E-state index contributed by atoms with van der Waals surface area (Å²) >= 11 is 0. The van der Waals surface area contributed by atoms with Gasteiger partial charge in [-0.1, -0.05) is 12.1 Å². The Hall–Kier alpha value is -1.06. The number of piperidine rings is 1. The maximum atomic E-state index is 5.57. The molecule has 0 bridgehead atoms. The Morgan fingerprint density at radius 3 is 2.39 bits per heavy atom. The predicted molar refractivity (Wildman–Crippen MR) is 78.1 cm³/mol. The molecule has 1 aliphatic heterocycles. The summed E-state index contributed by atoms with van der Waals surface area (Å²) in [7, 11) is 4.42. The Morgan fingerprint density at radius 2 is 1.83 bits per heavy atom. The fourth-order valence-electron chi connectivity index (χ4n) is 2.66. The van der Waals surface area contributed by atoms with E-state index in [2.05, 4.69) is 48.2 Å². The zero-order valence-corrected chi connectivity index (χ0v) is 11.6. The lowest BCUT2D eigenvalue weighted by atomic mass is 10.0. The van der Waals surface area contributed by atoms with Crippen LogP contribution in [0.4, 0.5) is 5.69 Å². The van der Waals surface area contributed by atoms with Gasteiger partial charge in [-0.05, 0) is 63.6 Å². The molecule has 0 atom stereocenters. The van der Waals surface area contributed by atoms with Crippen molar-refractivity contribution in [3.63, 3.8) is 0 Å². The molecule has 1 aromatic rings. The van der Waals surface area contributed by atoms with Crippen molar-refractivity contribution in [2.75, 3.05) is 38.6 Å². The van der Waals surface area contributed by atoms with Gasteiger partial charge in [0.25, 0.3) is 0 Å². The lowest BCUT2D eigenvalue weighted by molar-refractivity contribution is 0.253. The zero-order chi connectivity index (χ0) is 13.0. The Balaban J connectivity index is 1.97. The molecule has 2 N–H and O–H groups in total. The van der Waals surface area contributed by atoms with Gasteiger partial charge >= 0.3 is 0 Å². The summed E-state index contributed by atoms with van der Waals surface area (Å²) in [5.74, 6) is 0. The molecular formula is C15H25N3. The molecule has 0 amide bonds. The first-order chi connectivity index (χ1) is 8.70. The van der Waals surface area contributed by atoms with Gasteiger partial charge in [0.15, 0.2) is 0 Å². The summed E-state index contributed by atoms with van der Waals surface area (Å²) in [4.78, 5) is 4.84. The standard InChI is InChI=1S/C15H25N3/c1-17-11-8-15(9-12-17)18(2)14-5-3-13(4-6-14)7-10-16/h3-6,15H,7-12,16H2,1-2H3. The van der Waals surface area contributed by atoms with Gasteiger partial charge in [-0.15, -0.1) is 0 Å². The molecular weight excluding hydrogens is 222 g/mol.